The summed E-state index contributed by atoms with van der Waals surface area (Å²) >= 11 is 0. The monoisotopic (exact) mass is 448 g/mol. The molecule has 0 aliphatic carbocycles. The molecular formula is C21H20N8O2S. The van der Waals surface area contributed by atoms with E-state index in [9.17, 15) is 8.42 Å². The lowest BCUT2D eigenvalue weighted by atomic mass is 10.0. The van der Waals surface area contributed by atoms with Crippen molar-refractivity contribution in [1.29, 1.82) is 0 Å². The molecule has 0 unspecified atom stereocenters. The number of anilines is 1. The van der Waals surface area contributed by atoms with Crippen LogP contribution >= 0.6 is 0 Å². The fourth-order valence-electron chi connectivity index (χ4n) is 3.81. The Morgan fingerprint density at radius 2 is 1.78 bits per heavy atom. The molecule has 0 radical (unpaired) electrons. The van der Waals surface area contributed by atoms with E-state index in [1.54, 1.807) is 18.5 Å². The quantitative estimate of drug-likeness (QED) is 0.317. The van der Waals surface area contributed by atoms with Gasteiger partial charge in [0, 0.05) is 17.6 Å². The first-order chi connectivity index (χ1) is 15.3. The highest BCUT2D eigenvalue weighted by Gasteiger charge is 2.14. The van der Waals surface area contributed by atoms with Gasteiger partial charge in [0.1, 0.15) is 11.8 Å². The largest absolute Gasteiger partial charge is 0.382 e. The third kappa shape index (κ3) is 3.47. The zero-order valence-corrected chi connectivity index (χ0v) is 17.7. The molecule has 0 aliphatic heterocycles. The number of nitrogen functional groups attached to an aromatic ring is 1. The van der Waals surface area contributed by atoms with Crippen molar-refractivity contribution in [3.8, 4) is 11.1 Å². The molecule has 0 spiro atoms. The van der Waals surface area contributed by atoms with Crippen LogP contribution in [-0.4, -0.2) is 32.9 Å². The van der Waals surface area contributed by atoms with Crippen LogP contribution in [0, 0.1) is 0 Å². The number of imidazole rings is 1. The SMILES string of the molecule is NCc1cc2cc(-c3ccc(S(N)(=O)=O)cc3)cc(Cn3cnc4c(N)ncnc43)c2[nH]1. The Labute approximate surface area is 183 Å². The van der Waals surface area contributed by atoms with Gasteiger partial charge in [0.25, 0.3) is 0 Å². The maximum atomic E-state index is 11.6. The van der Waals surface area contributed by atoms with E-state index in [4.69, 9.17) is 16.6 Å². The number of sulfonamides is 1. The number of aromatic amines is 1. The van der Waals surface area contributed by atoms with E-state index < -0.39 is 10.0 Å². The van der Waals surface area contributed by atoms with Crippen molar-refractivity contribution in [1.82, 2.24) is 24.5 Å². The van der Waals surface area contributed by atoms with Crippen LogP contribution < -0.4 is 16.6 Å². The van der Waals surface area contributed by atoms with Crippen LogP contribution in [0.25, 0.3) is 33.2 Å². The summed E-state index contributed by atoms with van der Waals surface area (Å²) in [5, 5.41) is 6.21. The number of benzene rings is 2. The molecule has 0 bridgehead atoms. The normalized spacial score (nSPS) is 12.1. The lowest BCUT2D eigenvalue weighted by Gasteiger charge is -2.10. The third-order valence-corrected chi connectivity index (χ3v) is 6.30. The smallest absolute Gasteiger partial charge is 0.238 e. The number of primary sulfonamides is 1. The van der Waals surface area contributed by atoms with Gasteiger partial charge >= 0.3 is 0 Å². The highest BCUT2D eigenvalue weighted by atomic mass is 32.2. The number of hydrogen-bond donors (Lipinski definition) is 4. The van der Waals surface area contributed by atoms with Crippen LogP contribution in [-0.2, 0) is 23.1 Å². The lowest BCUT2D eigenvalue weighted by molar-refractivity contribution is 0.598. The zero-order valence-electron chi connectivity index (χ0n) is 16.9. The molecule has 11 heteroatoms. The van der Waals surface area contributed by atoms with E-state index in [0.717, 1.165) is 33.3 Å². The summed E-state index contributed by atoms with van der Waals surface area (Å²) in [6.45, 7) is 0.862. The van der Waals surface area contributed by atoms with Gasteiger partial charge in [-0.2, -0.15) is 0 Å². The summed E-state index contributed by atoms with van der Waals surface area (Å²) in [7, 11) is -3.75. The second kappa shape index (κ2) is 7.41. The molecule has 2 aromatic carbocycles. The van der Waals surface area contributed by atoms with E-state index in [1.807, 2.05) is 22.8 Å². The number of aromatic nitrogens is 5. The molecule has 0 amide bonds. The standard InChI is InChI=1S/C21H20N8O2S/c22-8-16-7-14-5-13(12-1-3-17(4-2-12)32(24,30)31)6-15(18(14)28-16)9-29-11-27-19-20(23)25-10-26-21(19)29/h1-7,10-11,28H,8-9,22H2,(H2,23,25,26)(H2,24,30,31). The molecule has 3 aromatic heterocycles. The van der Waals surface area contributed by atoms with Gasteiger partial charge in [-0.05, 0) is 47.0 Å². The molecule has 0 aliphatic rings. The van der Waals surface area contributed by atoms with Crippen molar-refractivity contribution >= 4 is 37.9 Å². The number of H-pyrrole nitrogens is 1. The molecule has 162 valence electrons. The molecule has 5 rings (SSSR count). The molecule has 32 heavy (non-hydrogen) atoms. The predicted molar refractivity (Wildman–Crippen MR) is 122 cm³/mol. The van der Waals surface area contributed by atoms with Gasteiger partial charge in [-0.1, -0.05) is 12.1 Å². The fraction of sp³-hybridized carbons (Fsp3) is 0.0952. The van der Waals surface area contributed by atoms with Gasteiger partial charge < -0.3 is 21.0 Å². The Kier molecular flexibility index (Phi) is 4.66. The van der Waals surface area contributed by atoms with Gasteiger partial charge in [-0.3, -0.25) is 0 Å². The first-order valence-corrected chi connectivity index (χ1v) is 11.3. The van der Waals surface area contributed by atoms with Crippen LogP contribution in [0.15, 0.2) is 60.0 Å². The minimum atomic E-state index is -3.75. The van der Waals surface area contributed by atoms with Crippen molar-refractivity contribution in [2.45, 2.75) is 18.0 Å². The van der Waals surface area contributed by atoms with E-state index in [1.165, 1.54) is 18.5 Å². The number of nitrogens with two attached hydrogens (primary N) is 3. The molecule has 0 saturated carbocycles. The van der Waals surface area contributed by atoms with E-state index in [-0.39, 0.29) is 4.90 Å². The minimum absolute atomic E-state index is 0.0665. The number of nitrogens with one attached hydrogen (secondary N) is 1. The second-order valence-corrected chi connectivity index (χ2v) is 9.03. The first-order valence-electron chi connectivity index (χ1n) is 9.72. The number of fused-ring (bicyclic) bond motifs is 2. The maximum absolute atomic E-state index is 11.6. The van der Waals surface area contributed by atoms with Crippen molar-refractivity contribution in [2.24, 2.45) is 10.9 Å². The molecule has 10 nitrogen and oxygen atoms in total. The van der Waals surface area contributed by atoms with Crippen molar-refractivity contribution in [2.75, 3.05) is 5.73 Å². The summed E-state index contributed by atoms with van der Waals surface area (Å²) in [5.74, 6) is 0.327. The summed E-state index contributed by atoms with van der Waals surface area (Å²) in [5.41, 5.74) is 17.6. The van der Waals surface area contributed by atoms with Gasteiger partial charge in [-0.15, -0.1) is 0 Å². The third-order valence-electron chi connectivity index (χ3n) is 5.37. The highest BCUT2D eigenvalue weighted by molar-refractivity contribution is 7.89. The number of hydrogen-bond acceptors (Lipinski definition) is 7. The maximum Gasteiger partial charge on any atom is 0.238 e. The van der Waals surface area contributed by atoms with Crippen molar-refractivity contribution < 1.29 is 8.42 Å². The lowest BCUT2D eigenvalue weighted by Crippen LogP contribution is -2.11. The molecule has 5 aromatic rings. The van der Waals surface area contributed by atoms with E-state index in [2.05, 4.69) is 19.9 Å². The summed E-state index contributed by atoms with van der Waals surface area (Å²) in [6.07, 6.45) is 3.10. The Morgan fingerprint density at radius 1 is 1.00 bits per heavy atom. The Hall–Kier alpha value is -3.80. The van der Waals surface area contributed by atoms with Crippen LogP contribution in [0.5, 0.6) is 0 Å². The van der Waals surface area contributed by atoms with Gasteiger partial charge in [-0.25, -0.2) is 28.5 Å². The fourth-order valence-corrected chi connectivity index (χ4v) is 4.33. The Balaban J connectivity index is 1.64. The van der Waals surface area contributed by atoms with Crippen LogP contribution in [0.3, 0.4) is 0 Å². The van der Waals surface area contributed by atoms with Crippen LogP contribution in [0.2, 0.25) is 0 Å². The second-order valence-electron chi connectivity index (χ2n) is 7.47. The minimum Gasteiger partial charge on any atom is -0.382 e. The van der Waals surface area contributed by atoms with E-state index in [0.29, 0.717) is 30.1 Å². The highest BCUT2D eigenvalue weighted by Crippen LogP contribution is 2.30. The van der Waals surface area contributed by atoms with Crippen LogP contribution in [0.4, 0.5) is 5.82 Å². The topological polar surface area (TPSA) is 172 Å². The van der Waals surface area contributed by atoms with Crippen molar-refractivity contribution in [3.05, 3.63) is 66.4 Å². The summed E-state index contributed by atoms with van der Waals surface area (Å²) in [6, 6.07) is 12.6. The molecule has 0 fully saturated rings. The number of nitrogens with zero attached hydrogens (tertiary/aromatic N) is 4. The van der Waals surface area contributed by atoms with Crippen molar-refractivity contribution in [3.63, 3.8) is 0 Å². The summed E-state index contributed by atoms with van der Waals surface area (Å²) in [4.78, 5) is 16.1. The molecule has 7 N–H and O–H groups in total. The number of rotatable bonds is 5. The molecule has 0 saturated heterocycles. The first kappa shape index (κ1) is 20.1. The predicted octanol–water partition coefficient (Wildman–Crippen LogP) is 1.71. The zero-order chi connectivity index (χ0) is 22.5. The Morgan fingerprint density at radius 3 is 2.50 bits per heavy atom. The molecular weight excluding hydrogens is 428 g/mol. The average Bonchev–Trinajstić information content (AvgIpc) is 3.38. The van der Waals surface area contributed by atoms with Gasteiger partial charge in [0.05, 0.1) is 23.3 Å². The van der Waals surface area contributed by atoms with Crippen LogP contribution in [0.1, 0.15) is 11.3 Å². The van der Waals surface area contributed by atoms with Gasteiger partial charge in [0.15, 0.2) is 11.5 Å². The Bertz CT molecular complexity index is 1570. The average molecular weight is 449 g/mol. The molecule has 0 atom stereocenters. The van der Waals surface area contributed by atoms with E-state index >= 15 is 0 Å². The summed E-state index contributed by atoms with van der Waals surface area (Å²) < 4.78 is 25.1. The van der Waals surface area contributed by atoms with Gasteiger partial charge in [0.2, 0.25) is 10.0 Å². The molecule has 3 heterocycles.